The van der Waals surface area contributed by atoms with E-state index in [1.807, 2.05) is 18.3 Å². The first-order valence-corrected chi connectivity index (χ1v) is 7.46. The predicted octanol–water partition coefficient (Wildman–Crippen LogP) is 1.43. The van der Waals surface area contributed by atoms with Crippen LogP contribution in [0, 0.1) is 5.41 Å². The smallest absolute Gasteiger partial charge is 0.141 e. The van der Waals surface area contributed by atoms with E-state index in [2.05, 4.69) is 21.7 Å². The van der Waals surface area contributed by atoms with Gasteiger partial charge in [0.05, 0.1) is 11.9 Å². The Hall–Kier alpha value is -1.62. The van der Waals surface area contributed by atoms with E-state index in [-0.39, 0.29) is 5.84 Å². The molecule has 2 atom stereocenters. The van der Waals surface area contributed by atoms with Crippen LogP contribution in [0.3, 0.4) is 0 Å². The summed E-state index contributed by atoms with van der Waals surface area (Å²) >= 11 is 0. The third kappa shape index (κ3) is 2.50. The number of fused-ring (bicyclic) bond motifs is 1. The number of anilines is 1. The van der Waals surface area contributed by atoms with E-state index in [0.717, 1.165) is 18.8 Å². The molecule has 0 spiro atoms. The highest BCUT2D eigenvalue weighted by Gasteiger charge is 2.33. The van der Waals surface area contributed by atoms with Gasteiger partial charge in [0.15, 0.2) is 0 Å². The van der Waals surface area contributed by atoms with Crippen molar-refractivity contribution in [3.05, 3.63) is 24.0 Å². The van der Waals surface area contributed by atoms with Gasteiger partial charge in [-0.1, -0.05) is 6.42 Å². The number of nitrogens with one attached hydrogen (secondary N) is 1. The van der Waals surface area contributed by atoms with Crippen molar-refractivity contribution in [2.24, 2.45) is 5.73 Å². The van der Waals surface area contributed by atoms with Crippen LogP contribution in [-0.2, 0) is 0 Å². The first-order chi connectivity index (χ1) is 9.65. The fourth-order valence-corrected chi connectivity index (χ4v) is 3.43. The van der Waals surface area contributed by atoms with E-state index in [0.29, 0.717) is 17.8 Å². The van der Waals surface area contributed by atoms with Crippen LogP contribution < -0.4 is 10.6 Å². The van der Waals surface area contributed by atoms with Gasteiger partial charge in [-0.2, -0.15) is 0 Å². The van der Waals surface area contributed by atoms with Crippen LogP contribution in [0.1, 0.15) is 31.9 Å². The second-order valence-corrected chi connectivity index (χ2v) is 5.96. The Morgan fingerprint density at radius 3 is 2.90 bits per heavy atom. The highest BCUT2D eigenvalue weighted by atomic mass is 15.3. The van der Waals surface area contributed by atoms with Crippen LogP contribution in [0.15, 0.2) is 18.3 Å². The van der Waals surface area contributed by atoms with Gasteiger partial charge >= 0.3 is 0 Å². The van der Waals surface area contributed by atoms with Crippen molar-refractivity contribution >= 4 is 11.5 Å². The molecule has 5 heteroatoms. The summed E-state index contributed by atoms with van der Waals surface area (Å²) in [4.78, 5) is 9.38. The Balaban J connectivity index is 1.77. The second kappa shape index (κ2) is 5.40. The predicted molar refractivity (Wildman–Crippen MR) is 81.3 cm³/mol. The number of nitrogen functional groups attached to an aromatic ring is 1. The van der Waals surface area contributed by atoms with E-state index in [9.17, 15) is 0 Å². The molecule has 3 heterocycles. The molecule has 0 aromatic carbocycles. The normalized spacial score (nSPS) is 27.1. The molecule has 2 aliphatic heterocycles. The number of rotatable bonds is 2. The molecule has 0 radical (unpaired) electrons. The monoisotopic (exact) mass is 273 g/mol. The van der Waals surface area contributed by atoms with Gasteiger partial charge in [-0.05, 0) is 38.4 Å². The summed E-state index contributed by atoms with van der Waals surface area (Å²) in [5.74, 6) is 0.0294. The number of nitrogens with two attached hydrogens (primary N) is 1. The largest absolute Gasteiger partial charge is 0.382 e. The van der Waals surface area contributed by atoms with Crippen LogP contribution >= 0.6 is 0 Å². The molecule has 1 aromatic heterocycles. The molecular formula is C15H23N5. The van der Waals surface area contributed by atoms with Crippen LogP contribution in [0.5, 0.6) is 0 Å². The van der Waals surface area contributed by atoms with E-state index in [1.165, 1.54) is 25.8 Å². The minimum Gasteiger partial charge on any atom is -0.382 e. The minimum absolute atomic E-state index is 0.0294. The number of aromatic nitrogens is 1. The highest BCUT2D eigenvalue weighted by Crippen LogP contribution is 2.27. The van der Waals surface area contributed by atoms with E-state index in [1.54, 1.807) is 0 Å². The van der Waals surface area contributed by atoms with Crippen molar-refractivity contribution < 1.29 is 0 Å². The number of nitrogens with zero attached hydrogens (tertiary/aromatic N) is 3. The third-order valence-electron chi connectivity index (χ3n) is 4.54. The van der Waals surface area contributed by atoms with E-state index < -0.39 is 0 Å². The lowest BCUT2D eigenvalue weighted by Crippen LogP contribution is -2.58. The molecule has 0 saturated carbocycles. The zero-order valence-electron chi connectivity index (χ0n) is 12.0. The molecule has 108 valence electrons. The van der Waals surface area contributed by atoms with Gasteiger partial charge in [0, 0.05) is 25.2 Å². The first-order valence-electron chi connectivity index (χ1n) is 7.46. The van der Waals surface area contributed by atoms with Crippen LogP contribution in [0.2, 0.25) is 0 Å². The molecule has 2 unspecified atom stereocenters. The molecule has 1 aromatic rings. The summed E-state index contributed by atoms with van der Waals surface area (Å²) in [6.45, 7) is 5.76. The third-order valence-corrected chi connectivity index (χ3v) is 4.54. The van der Waals surface area contributed by atoms with Gasteiger partial charge in [-0.25, -0.2) is 0 Å². The molecule has 3 N–H and O–H groups in total. The Morgan fingerprint density at radius 2 is 2.20 bits per heavy atom. The lowest BCUT2D eigenvalue weighted by atomic mass is 9.97. The van der Waals surface area contributed by atoms with Crippen molar-refractivity contribution in [1.82, 2.24) is 9.88 Å². The molecule has 5 nitrogen and oxygen atoms in total. The Labute approximate surface area is 120 Å². The maximum atomic E-state index is 7.41. The molecule has 2 aliphatic rings. The quantitative estimate of drug-likeness (QED) is 0.632. The molecule has 2 fully saturated rings. The van der Waals surface area contributed by atoms with Gasteiger partial charge in [0.1, 0.15) is 11.5 Å². The van der Waals surface area contributed by atoms with Crippen LogP contribution in [0.4, 0.5) is 5.69 Å². The van der Waals surface area contributed by atoms with E-state index >= 15 is 0 Å². The first kappa shape index (κ1) is 13.4. The maximum Gasteiger partial charge on any atom is 0.141 e. The minimum atomic E-state index is 0.0294. The number of piperazine rings is 1. The number of hydrogen-bond donors (Lipinski definition) is 2. The maximum absolute atomic E-state index is 7.41. The molecule has 2 saturated heterocycles. The molecular weight excluding hydrogens is 250 g/mol. The average Bonchev–Trinajstić information content (AvgIpc) is 2.46. The molecule has 0 aliphatic carbocycles. The van der Waals surface area contributed by atoms with Crippen molar-refractivity contribution in [1.29, 1.82) is 5.41 Å². The Morgan fingerprint density at radius 1 is 1.35 bits per heavy atom. The summed E-state index contributed by atoms with van der Waals surface area (Å²) in [5, 5.41) is 7.41. The SMILES string of the molecule is CC1CN2CCCCC2CN1c1ccc(C(=N)N)nc1. The number of pyridine rings is 1. The van der Waals surface area contributed by atoms with E-state index in [4.69, 9.17) is 11.1 Å². The summed E-state index contributed by atoms with van der Waals surface area (Å²) in [7, 11) is 0. The standard InChI is InChI=1S/C15H23N5/c1-11-9-19-7-3-2-4-13(19)10-20(11)12-5-6-14(15(16)17)18-8-12/h5-6,8,11,13H,2-4,7,9-10H2,1H3,(H3,16,17). The second-order valence-electron chi connectivity index (χ2n) is 5.96. The van der Waals surface area contributed by atoms with Crippen molar-refractivity contribution in [3.8, 4) is 0 Å². The number of amidine groups is 1. The summed E-state index contributed by atoms with van der Waals surface area (Å²) in [6, 6.07) is 5.08. The zero-order chi connectivity index (χ0) is 14.1. The number of hydrogen-bond acceptors (Lipinski definition) is 4. The summed E-state index contributed by atoms with van der Waals surface area (Å²) < 4.78 is 0. The molecule has 20 heavy (non-hydrogen) atoms. The molecule has 0 amide bonds. The van der Waals surface area contributed by atoms with Crippen LogP contribution in [0.25, 0.3) is 0 Å². The average molecular weight is 273 g/mol. The topological polar surface area (TPSA) is 69.2 Å². The van der Waals surface area contributed by atoms with Crippen molar-refractivity contribution in [2.45, 2.75) is 38.3 Å². The summed E-state index contributed by atoms with van der Waals surface area (Å²) in [5.41, 5.74) is 7.16. The van der Waals surface area contributed by atoms with Crippen molar-refractivity contribution in [2.75, 3.05) is 24.5 Å². The Kier molecular flexibility index (Phi) is 3.61. The van der Waals surface area contributed by atoms with Crippen molar-refractivity contribution in [3.63, 3.8) is 0 Å². The van der Waals surface area contributed by atoms with Gasteiger partial charge in [-0.15, -0.1) is 0 Å². The fraction of sp³-hybridized carbons (Fsp3) is 0.600. The summed E-state index contributed by atoms with van der Waals surface area (Å²) in [6.07, 6.45) is 5.86. The van der Waals surface area contributed by atoms with Crippen LogP contribution in [-0.4, -0.2) is 47.4 Å². The Bertz CT molecular complexity index is 484. The zero-order valence-corrected chi connectivity index (χ0v) is 12.0. The van der Waals surface area contributed by atoms with Gasteiger partial charge in [0.25, 0.3) is 0 Å². The lowest BCUT2D eigenvalue weighted by Gasteiger charge is -2.48. The number of piperidine rings is 1. The lowest BCUT2D eigenvalue weighted by molar-refractivity contribution is 0.115. The van der Waals surface area contributed by atoms with Gasteiger partial charge in [-0.3, -0.25) is 15.3 Å². The molecule has 3 rings (SSSR count). The fourth-order valence-electron chi connectivity index (χ4n) is 3.43. The highest BCUT2D eigenvalue weighted by molar-refractivity contribution is 5.93. The van der Waals surface area contributed by atoms with Gasteiger partial charge in [0.2, 0.25) is 0 Å². The van der Waals surface area contributed by atoms with Gasteiger partial charge < -0.3 is 10.6 Å². The molecule has 0 bridgehead atoms.